The number of methoxy groups -OCH3 is 1. The van der Waals surface area contributed by atoms with Gasteiger partial charge in [0.15, 0.2) is 0 Å². The Labute approximate surface area is 127 Å². The van der Waals surface area contributed by atoms with Crippen LogP contribution in [0.15, 0.2) is 36.4 Å². The van der Waals surface area contributed by atoms with Gasteiger partial charge in [-0.15, -0.1) is 0 Å². The third-order valence-electron chi connectivity index (χ3n) is 3.63. The van der Waals surface area contributed by atoms with Crippen LogP contribution in [-0.4, -0.2) is 17.3 Å². The summed E-state index contributed by atoms with van der Waals surface area (Å²) >= 11 is 5.92. The SMILES string of the molecule is COc1ccc2c(c1)C(O)CC(c1ccc(O)c(Cl)c1)O2. The van der Waals surface area contributed by atoms with Gasteiger partial charge in [0.1, 0.15) is 23.4 Å². The summed E-state index contributed by atoms with van der Waals surface area (Å²) in [5.41, 5.74) is 1.54. The topological polar surface area (TPSA) is 58.9 Å². The first-order chi connectivity index (χ1) is 10.1. The van der Waals surface area contributed by atoms with E-state index in [-0.39, 0.29) is 16.9 Å². The molecule has 0 spiro atoms. The molecule has 2 aromatic carbocycles. The number of halogens is 1. The van der Waals surface area contributed by atoms with Crippen molar-refractivity contribution >= 4 is 11.6 Å². The van der Waals surface area contributed by atoms with Crippen LogP contribution < -0.4 is 9.47 Å². The van der Waals surface area contributed by atoms with E-state index in [0.29, 0.717) is 17.9 Å². The monoisotopic (exact) mass is 306 g/mol. The lowest BCUT2D eigenvalue weighted by Crippen LogP contribution is -2.19. The zero-order valence-corrected chi connectivity index (χ0v) is 12.2. The van der Waals surface area contributed by atoms with E-state index in [2.05, 4.69) is 0 Å². The minimum atomic E-state index is -0.638. The van der Waals surface area contributed by atoms with E-state index in [1.54, 1.807) is 37.4 Å². The highest BCUT2D eigenvalue weighted by Gasteiger charge is 2.28. The van der Waals surface area contributed by atoms with Crippen molar-refractivity contribution in [3.63, 3.8) is 0 Å². The molecule has 21 heavy (non-hydrogen) atoms. The Hall–Kier alpha value is -1.91. The predicted octanol–water partition coefficient (Wildman–Crippen LogP) is 3.61. The number of ether oxygens (including phenoxy) is 2. The minimum Gasteiger partial charge on any atom is -0.506 e. The molecule has 1 heterocycles. The number of aromatic hydroxyl groups is 1. The molecule has 0 radical (unpaired) electrons. The molecule has 110 valence electrons. The summed E-state index contributed by atoms with van der Waals surface area (Å²) in [5.74, 6) is 1.34. The summed E-state index contributed by atoms with van der Waals surface area (Å²) in [5, 5.41) is 20.1. The number of hydrogen-bond acceptors (Lipinski definition) is 4. The first-order valence-electron chi connectivity index (χ1n) is 6.59. The molecule has 1 aliphatic heterocycles. The maximum Gasteiger partial charge on any atom is 0.134 e. The van der Waals surface area contributed by atoms with Crippen LogP contribution >= 0.6 is 11.6 Å². The Morgan fingerprint density at radius 1 is 1.24 bits per heavy atom. The van der Waals surface area contributed by atoms with Crippen LogP contribution in [0, 0.1) is 0 Å². The Morgan fingerprint density at radius 3 is 2.76 bits per heavy atom. The zero-order valence-electron chi connectivity index (χ0n) is 11.4. The van der Waals surface area contributed by atoms with E-state index in [4.69, 9.17) is 21.1 Å². The molecule has 2 atom stereocenters. The van der Waals surface area contributed by atoms with Crippen LogP contribution in [0.5, 0.6) is 17.2 Å². The average Bonchev–Trinajstić information content (AvgIpc) is 2.49. The summed E-state index contributed by atoms with van der Waals surface area (Å²) < 4.78 is 11.1. The second-order valence-electron chi connectivity index (χ2n) is 4.97. The largest absolute Gasteiger partial charge is 0.506 e. The van der Waals surface area contributed by atoms with Crippen molar-refractivity contribution in [3.8, 4) is 17.2 Å². The molecule has 2 unspecified atom stereocenters. The van der Waals surface area contributed by atoms with Crippen LogP contribution in [0.1, 0.15) is 29.8 Å². The number of phenolic OH excluding ortho intramolecular Hbond substituents is 1. The standard InChI is InChI=1S/C16H15ClO4/c1-20-10-3-5-15-11(7-10)14(19)8-16(21-15)9-2-4-13(18)12(17)6-9/h2-7,14,16,18-19H,8H2,1H3. The van der Waals surface area contributed by atoms with Crippen LogP contribution in [0.3, 0.4) is 0 Å². The fourth-order valence-corrected chi connectivity index (χ4v) is 2.67. The van der Waals surface area contributed by atoms with Crippen molar-refractivity contribution < 1.29 is 19.7 Å². The molecule has 0 saturated heterocycles. The normalized spacial score (nSPS) is 20.5. The van der Waals surface area contributed by atoms with Gasteiger partial charge in [-0.05, 0) is 35.9 Å². The fraction of sp³-hybridized carbons (Fsp3) is 0.250. The number of rotatable bonds is 2. The van der Waals surface area contributed by atoms with E-state index in [9.17, 15) is 10.2 Å². The molecule has 0 amide bonds. The molecule has 0 aromatic heterocycles. The molecule has 0 bridgehead atoms. The first kappa shape index (κ1) is 14.0. The highest BCUT2D eigenvalue weighted by atomic mass is 35.5. The third kappa shape index (κ3) is 2.64. The Balaban J connectivity index is 1.92. The van der Waals surface area contributed by atoms with Crippen LogP contribution in [0.25, 0.3) is 0 Å². The Kier molecular flexibility index (Phi) is 3.66. The van der Waals surface area contributed by atoms with E-state index in [1.165, 1.54) is 6.07 Å². The molecule has 1 aliphatic rings. The van der Waals surface area contributed by atoms with Crippen molar-refractivity contribution in [2.45, 2.75) is 18.6 Å². The number of phenols is 1. The summed E-state index contributed by atoms with van der Waals surface area (Å²) in [4.78, 5) is 0. The quantitative estimate of drug-likeness (QED) is 0.890. The van der Waals surface area contributed by atoms with Gasteiger partial charge < -0.3 is 19.7 Å². The maximum atomic E-state index is 10.3. The van der Waals surface area contributed by atoms with Gasteiger partial charge in [-0.1, -0.05) is 17.7 Å². The number of aliphatic hydroxyl groups excluding tert-OH is 1. The van der Waals surface area contributed by atoms with Gasteiger partial charge in [0, 0.05) is 12.0 Å². The molecule has 0 aliphatic carbocycles. The van der Waals surface area contributed by atoms with Gasteiger partial charge in [0.2, 0.25) is 0 Å². The highest BCUT2D eigenvalue weighted by molar-refractivity contribution is 6.32. The summed E-state index contributed by atoms with van der Waals surface area (Å²) in [7, 11) is 1.58. The van der Waals surface area contributed by atoms with Gasteiger partial charge in [-0.3, -0.25) is 0 Å². The molecule has 2 aromatic rings. The molecule has 3 rings (SSSR count). The van der Waals surface area contributed by atoms with Crippen LogP contribution in [0.4, 0.5) is 0 Å². The minimum absolute atomic E-state index is 0.0295. The number of fused-ring (bicyclic) bond motifs is 1. The maximum absolute atomic E-state index is 10.3. The summed E-state index contributed by atoms with van der Waals surface area (Å²) in [6.45, 7) is 0. The molecular weight excluding hydrogens is 292 g/mol. The Morgan fingerprint density at radius 2 is 2.05 bits per heavy atom. The molecule has 0 fully saturated rings. The molecule has 2 N–H and O–H groups in total. The van der Waals surface area contributed by atoms with E-state index in [0.717, 1.165) is 11.1 Å². The summed E-state index contributed by atoms with van der Waals surface area (Å²) in [6.07, 6.45) is -0.526. The van der Waals surface area contributed by atoms with Crippen molar-refractivity contribution in [1.29, 1.82) is 0 Å². The van der Waals surface area contributed by atoms with E-state index in [1.807, 2.05) is 0 Å². The van der Waals surface area contributed by atoms with Gasteiger partial charge in [0.25, 0.3) is 0 Å². The molecule has 5 heteroatoms. The van der Waals surface area contributed by atoms with Crippen LogP contribution in [-0.2, 0) is 0 Å². The smallest absolute Gasteiger partial charge is 0.134 e. The zero-order chi connectivity index (χ0) is 15.0. The second-order valence-corrected chi connectivity index (χ2v) is 5.38. The Bertz CT molecular complexity index is 671. The fourth-order valence-electron chi connectivity index (χ4n) is 2.48. The average molecular weight is 307 g/mol. The van der Waals surface area contributed by atoms with Crippen molar-refractivity contribution in [2.24, 2.45) is 0 Å². The number of benzene rings is 2. The number of aliphatic hydroxyl groups is 1. The van der Waals surface area contributed by atoms with Crippen LogP contribution in [0.2, 0.25) is 5.02 Å². The lowest BCUT2D eigenvalue weighted by molar-refractivity contribution is 0.0654. The lowest BCUT2D eigenvalue weighted by atomic mass is 9.95. The lowest BCUT2D eigenvalue weighted by Gasteiger charge is -2.30. The first-order valence-corrected chi connectivity index (χ1v) is 6.97. The van der Waals surface area contributed by atoms with Gasteiger partial charge in [-0.2, -0.15) is 0 Å². The van der Waals surface area contributed by atoms with Gasteiger partial charge in [0.05, 0.1) is 18.2 Å². The van der Waals surface area contributed by atoms with E-state index >= 15 is 0 Å². The molecule has 4 nitrogen and oxygen atoms in total. The highest BCUT2D eigenvalue weighted by Crippen LogP contribution is 2.43. The van der Waals surface area contributed by atoms with Crippen molar-refractivity contribution in [1.82, 2.24) is 0 Å². The molecular formula is C16H15ClO4. The molecule has 0 saturated carbocycles. The van der Waals surface area contributed by atoms with Gasteiger partial charge >= 0.3 is 0 Å². The van der Waals surface area contributed by atoms with E-state index < -0.39 is 6.10 Å². The third-order valence-corrected chi connectivity index (χ3v) is 3.93. The number of hydrogen-bond donors (Lipinski definition) is 2. The van der Waals surface area contributed by atoms with Crippen molar-refractivity contribution in [2.75, 3.05) is 7.11 Å². The van der Waals surface area contributed by atoms with Gasteiger partial charge in [-0.25, -0.2) is 0 Å². The second kappa shape index (κ2) is 5.47. The summed E-state index contributed by atoms with van der Waals surface area (Å²) in [6, 6.07) is 10.3. The van der Waals surface area contributed by atoms with Crippen molar-refractivity contribution in [3.05, 3.63) is 52.5 Å². The predicted molar refractivity (Wildman–Crippen MR) is 79.1 cm³/mol.